The zero-order valence-corrected chi connectivity index (χ0v) is 17.9. The molecular weight excluding hydrogens is 396 g/mol. The van der Waals surface area contributed by atoms with Gasteiger partial charge in [-0.15, -0.1) is 0 Å². The van der Waals surface area contributed by atoms with Crippen molar-refractivity contribution >= 4 is 28.2 Å². The number of benzene rings is 3. The van der Waals surface area contributed by atoms with E-state index in [0.717, 1.165) is 45.4 Å². The summed E-state index contributed by atoms with van der Waals surface area (Å²) in [7, 11) is 0. The van der Waals surface area contributed by atoms with E-state index in [2.05, 4.69) is 35.3 Å². The Balaban J connectivity index is 1.64. The molecule has 0 fully saturated rings. The highest BCUT2D eigenvalue weighted by Gasteiger charge is 2.32. The van der Waals surface area contributed by atoms with Gasteiger partial charge in [0.25, 0.3) is 5.91 Å². The highest BCUT2D eigenvalue weighted by Crippen LogP contribution is 2.30. The molecule has 0 radical (unpaired) electrons. The molecule has 0 spiro atoms. The van der Waals surface area contributed by atoms with Crippen molar-refractivity contribution in [3.05, 3.63) is 102 Å². The van der Waals surface area contributed by atoms with Gasteiger partial charge in [0.2, 0.25) is 0 Å². The number of rotatable bonds is 6. The van der Waals surface area contributed by atoms with Gasteiger partial charge in [-0.2, -0.15) is 0 Å². The lowest BCUT2D eigenvalue weighted by atomic mass is 10.00. The van der Waals surface area contributed by atoms with Crippen LogP contribution in [-0.2, 0) is 11.2 Å². The molecule has 0 saturated carbocycles. The molecule has 1 amide bonds. The fraction of sp³-hybridized carbons (Fsp3) is 0.185. The molecule has 160 valence electrons. The number of amides is 1. The third kappa shape index (κ3) is 3.72. The van der Waals surface area contributed by atoms with E-state index < -0.39 is 6.04 Å². The number of H-pyrrole nitrogens is 1. The van der Waals surface area contributed by atoms with Crippen LogP contribution in [0, 0.1) is 0 Å². The average molecular weight is 423 g/mol. The second-order valence-corrected chi connectivity index (χ2v) is 8.07. The number of hydrogen-bond donors (Lipinski definition) is 2. The standard InChI is InChI=1S/C27H26N4O/c28-15-8-16-31-25-14-7-5-12-22(25)26(19-9-2-1-3-10-19)30-24(27(31)32)17-20-18-29-23-13-6-4-11-21(20)23/h1-7,9-14,18,24,29H,8,15-17,28H2. The number of hydrogen-bond acceptors (Lipinski definition) is 3. The molecule has 1 aromatic heterocycles. The predicted molar refractivity (Wildman–Crippen MR) is 130 cm³/mol. The monoisotopic (exact) mass is 422 g/mol. The molecule has 3 N–H and O–H groups in total. The molecule has 2 heterocycles. The van der Waals surface area contributed by atoms with E-state index in [0.29, 0.717) is 19.5 Å². The van der Waals surface area contributed by atoms with Gasteiger partial charge in [0, 0.05) is 41.2 Å². The fourth-order valence-electron chi connectivity index (χ4n) is 4.44. The van der Waals surface area contributed by atoms with Crippen LogP contribution in [0.1, 0.15) is 23.1 Å². The lowest BCUT2D eigenvalue weighted by Gasteiger charge is -2.25. The van der Waals surface area contributed by atoms with Crippen molar-refractivity contribution in [2.24, 2.45) is 10.7 Å². The third-order valence-corrected chi connectivity index (χ3v) is 6.01. The van der Waals surface area contributed by atoms with Gasteiger partial charge in [-0.1, -0.05) is 66.7 Å². The van der Waals surface area contributed by atoms with Crippen molar-refractivity contribution in [2.45, 2.75) is 18.9 Å². The summed E-state index contributed by atoms with van der Waals surface area (Å²) in [6, 6.07) is 25.8. The van der Waals surface area contributed by atoms with Gasteiger partial charge in [-0.25, -0.2) is 0 Å². The Labute approximate surface area is 187 Å². The molecule has 0 bridgehead atoms. The second-order valence-electron chi connectivity index (χ2n) is 8.07. The van der Waals surface area contributed by atoms with Crippen LogP contribution in [0.4, 0.5) is 5.69 Å². The zero-order valence-electron chi connectivity index (χ0n) is 17.9. The van der Waals surface area contributed by atoms with Crippen LogP contribution in [-0.4, -0.2) is 35.7 Å². The van der Waals surface area contributed by atoms with Crippen LogP contribution >= 0.6 is 0 Å². The highest BCUT2D eigenvalue weighted by molar-refractivity contribution is 6.20. The number of carbonyl (C=O) groups is 1. The van der Waals surface area contributed by atoms with Crippen LogP contribution in [0.15, 0.2) is 90.1 Å². The number of para-hydroxylation sites is 2. The maximum atomic E-state index is 13.8. The van der Waals surface area contributed by atoms with Gasteiger partial charge in [-0.05, 0) is 30.7 Å². The maximum Gasteiger partial charge on any atom is 0.252 e. The lowest BCUT2D eigenvalue weighted by Crippen LogP contribution is -2.40. The van der Waals surface area contributed by atoms with Crippen LogP contribution in [0.2, 0.25) is 0 Å². The summed E-state index contributed by atoms with van der Waals surface area (Å²) in [6.45, 7) is 1.11. The first kappa shape index (κ1) is 20.2. The van der Waals surface area contributed by atoms with E-state index >= 15 is 0 Å². The Morgan fingerprint density at radius 3 is 2.53 bits per heavy atom. The smallest absolute Gasteiger partial charge is 0.252 e. The van der Waals surface area contributed by atoms with Gasteiger partial charge < -0.3 is 15.6 Å². The Bertz CT molecular complexity index is 1280. The summed E-state index contributed by atoms with van der Waals surface area (Å²) in [4.78, 5) is 24.1. The van der Waals surface area contributed by atoms with Gasteiger partial charge in [0.1, 0.15) is 6.04 Å². The first-order valence-electron chi connectivity index (χ1n) is 11.1. The number of nitrogens with two attached hydrogens (primary N) is 1. The van der Waals surface area contributed by atoms with Crippen molar-refractivity contribution < 1.29 is 4.79 Å². The third-order valence-electron chi connectivity index (χ3n) is 6.01. The van der Waals surface area contributed by atoms with E-state index in [1.165, 1.54) is 0 Å². The minimum Gasteiger partial charge on any atom is -0.361 e. The molecular formula is C27H26N4O. The number of aromatic nitrogens is 1. The number of carbonyl (C=O) groups excluding carboxylic acids is 1. The summed E-state index contributed by atoms with van der Waals surface area (Å²) in [5, 5.41) is 1.13. The Morgan fingerprint density at radius 1 is 0.938 bits per heavy atom. The van der Waals surface area contributed by atoms with E-state index in [1.807, 2.05) is 59.6 Å². The summed E-state index contributed by atoms with van der Waals surface area (Å²) in [5.74, 6) is 0.0158. The average Bonchev–Trinajstić information content (AvgIpc) is 3.20. The minimum atomic E-state index is -0.519. The fourth-order valence-corrected chi connectivity index (χ4v) is 4.44. The molecule has 4 aromatic rings. The van der Waals surface area contributed by atoms with Crippen molar-refractivity contribution in [3.63, 3.8) is 0 Å². The molecule has 3 aromatic carbocycles. The van der Waals surface area contributed by atoms with Crippen molar-refractivity contribution in [1.82, 2.24) is 4.98 Å². The first-order chi connectivity index (χ1) is 15.8. The molecule has 0 aliphatic carbocycles. The summed E-state index contributed by atoms with van der Waals surface area (Å²) < 4.78 is 0. The molecule has 0 saturated heterocycles. The predicted octanol–water partition coefficient (Wildman–Crippen LogP) is 4.31. The van der Waals surface area contributed by atoms with Crippen molar-refractivity contribution in [1.29, 1.82) is 0 Å². The Morgan fingerprint density at radius 2 is 1.69 bits per heavy atom. The van der Waals surface area contributed by atoms with Gasteiger partial charge in [0.05, 0.1) is 11.4 Å². The van der Waals surface area contributed by atoms with Crippen molar-refractivity contribution in [3.8, 4) is 0 Å². The summed E-state index contributed by atoms with van der Waals surface area (Å²) in [6.07, 6.45) is 3.27. The quantitative estimate of drug-likeness (QED) is 0.486. The molecule has 1 aliphatic heterocycles. The summed E-state index contributed by atoms with van der Waals surface area (Å²) >= 11 is 0. The van der Waals surface area contributed by atoms with Crippen LogP contribution in [0.25, 0.3) is 10.9 Å². The molecule has 32 heavy (non-hydrogen) atoms. The molecule has 1 aliphatic rings. The van der Waals surface area contributed by atoms with Crippen LogP contribution < -0.4 is 10.6 Å². The zero-order chi connectivity index (χ0) is 21.9. The SMILES string of the molecule is NCCCN1C(=O)C(Cc2c[nH]c3ccccc23)N=C(c2ccccc2)c2ccccc21. The van der Waals surface area contributed by atoms with E-state index in [4.69, 9.17) is 10.7 Å². The van der Waals surface area contributed by atoms with Gasteiger partial charge in [-0.3, -0.25) is 9.79 Å². The van der Waals surface area contributed by atoms with Gasteiger partial charge >= 0.3 is 0 Å². The molecule has 5 nitrogen and oxygen atoms in total. The lowest BCUT2D eigenvalue weighted by molar-refractivity contribution is -0.119. The number of anilines is 1. The molecule has 5 rings (SSSR count). The number of aliphatic imine (C=N–C) groups is 1. The van der Waals surface area contributed by atoms with E-state index in [9.17, 15) is 4.79 Å². The topological polar surface area (TPSA) is 74.5 Å². The van der Waals surface area contributed by atoms with Crippen LogP contribution in [0.5, 0.6) is 0 Å². The number of nitrogens with zero attached hydrogens (tertiary/aromatic N) is 2. The van der Waals surface area contributed by atoms with Gasteiger partial charge in [0.15, 0.2) is 0 Å². The number of fused-ring (bicyclic) bond motifs is 2. The van der Waals surface area contributed by atoms with E-state index in [1.54, 1.807) is 0 Å². The van der Waals surface area contributed by atoms with Crippen LogP contribution in [0.3, 0.4) is 0 Å². The normalized spacial score (nSPS) is 16.0. The summed E-state index contributed by atoms with van der Waals surface area (Å²) in [5.41, 5.74) is 11.7. The van der Waals surface area contributed by atoms with E-state index in [-0.39, 0.29) is 5.91 Å². The Hall–Kier alpha value is -3.70. The molecule has 5 heteroatoms. The second kappa shape index (κ2) is 8.81. The van der Waals surface area contributed by atoms with Crippen molar-refractivity contribution in [2.75, 3.05) is 18.0 Å². The number of benzodiazepines with no additional fused rings is 1. The maximum absolute atomic E-state index is 13.8. The number of aromatic amines is 1. The first-order valence-corrected chi connectivity index (χ1v) is 11.1. The minimum absolute atomic E-state index is 0.0158. The highest BCUT2D eigenvalue weighted by atomic mass is 16.2. The molecule has 1 unspecified atom stereocenters. The molecule has 1 atom stereocenters. The largest absolute Gasteiger partial charge is 0.361 e. The Kier molecular flexibility index (Phi) is 5.57. The number of nitrogens with one attached hydrogen (secondary N) is 1.